The lowest BCUT2D eigenvalue weighted by Gasteiger charge is -2.21. The molecule has 1 unspecified atom stereocenters. The number of ether oxygens (including phenoxy) is 2. The van der Waals surface area contributed by atoms with Crippen LogP contribution in [-0.2, 0) is 9.47 Å². The summed E-state index contributed by atoms with van der Waals surface area (Å²) in [5, 5.41) is 4.06. The molecule has 0 aromatic rings. The molecule has 0 saturated carbocycles. The van der Waals surface area contributed by atoms with E-state index in [1.54, 1.807) is 0 Å². The second kappa shape index (κ2) is 4.66. The van der Waals surface area contributed by atoms with Crippen LogP contribution in [0, 0.1) is 0 Å². The Kier molecular flexibility index (Phi) is 3.72. The van der Waals surface area contributed by atoms with Gasteiger partial charge in [0.25, 0.3) is 0 Å². The van der Waals surface area contributed by atoms with Crippen molar-refractivity contribution in [1.82, 2.24) is 5.32 Å². The van der Waals surface area contributed by atoms with Gasteiger partial charge in [-0.3, -0.25) is 0 Å². The second-order valence-electron chi connectivity index (χ2n) is 2.31. The second-order valence-corrected chi connectivity index (χ2v) is 2.31. The Bertz CT molecular complexity index is 81.7. The minimum absolute atomic E-state index is 0.289. The summed E-state index contributed by atoms with van der Waals surface area (Å²) >= 11 is 0. The number of nitrogens with zero attached hydrogens (tertiary/aromatic N) is 1. The van der Waals surface area contributed by atoms with E-state index in [0.717, 1.165) is 26.2 Å². The molecule has 10 heavy (non-hydrogen) atoms. The summed E-state index contributed by atoms with van der Waals surface area (Å²) in [5.74, 6) is 0. The van der Waals surface area contributed by atoms with Gasteiger partial charge in [-0.15, -0.1) is 0 Å². The van der Waals surface area contributed by atoms with Crippen LogP contribution in [0.15, 0.2) is 0 Å². The zero-order valence-corrected chi connectivity index (χ0v) is 6.38. The third-order valence-electron chi connectivity index (χ3n) is 1.52. The van der Waals surface area contributed by atoms with Gasteiger partial charge in [-0.25, -0.2) is 5.32 Å². The van der Waals surface area contributed by atoms with Crippen molar-refractivity contribution in [3.63, 3.8) is 0 Å². The molecule has 0 aromatic carbocycles. The number of hydrogen-bond donors (Lipinski definition) is 0. The van der Waals surface area contributed by atoms with Crippen LogP contribution in [0.4, 0.5) is 0 Å². The summed E-state index contributed by atoms with van der Waals surface area (Å²) in [4.78, 5) is 0. The normalized spacial score (nSPS) is 26.7. The van der Waals surface area contributed by atoms with E-state index in [2.05, 4.69) is 5.32 Å². The van der Waals surface area contributed by atoms with Gasteiger partial charge < -0.3 is 9.47 Å². The molecular formula is C7H14NO2. The van der Waals surface area contributed by atoms with Gasteiger partial charge in [-0.2, -0.15) is 0 Å². The first-order valence-corrected chi connectivity index (χ1v) is 3.76. The van der Waals surface area contributed by atoms with Gasteiger partial charge in [0.1, 0.15) is 6.73 Å². The lowest BCUT2D eigenvalue weighted by Crippen LogP contribution is -2.32. The highest BCUT2D eigenvalue weighted by Gasteiger charge is 2.12. The summed E-state index contributed by atoms with van der Waals surface area (Å²) in [7, 11) is 0. The summed E-state index contributed by atoms with van der Waals surface area (Å²) in [6, 6.07) is 0. The Morgan fingerprint density at radius 3 is 3.20 bits per heavy atom. The molecule has 0 amide bonds. The van der Waals surface area contributed by atoms with E-state index < -0.39 is 0 Å². The fourth-order valence-electron chi connectivity index (χ4n) is 0.922. The third kappa shape index (κ3) is 2.64. The highest BCUT2D eigenvalue weighted by molar-refractivity contribution is 4.62. The number of rotatable bonds is 3. The predicted octanol–water partition coefficient (Wildman–Crippen LogP) is 0.374. The molecule has 1 heterocycles. The Balaban J connectivity index is 2.02. The summed E-state index contributed by atoms with van der Waals surface area (Å²) in [6.45, 7) is 4.98. The van der Waals surface area contributed by atoms with Gasteiger partial charge in [-0.05, 0) is 13.3 Å². The van der Waals surface area contributed by atoms with Gasteiger partial charge >= 0.3 is 0 Å². The van der Waals surface area contributed by atoms with Crippen LogP contribution < -0.4 is 5.32 Å². The van der Waals surface area contributed by atoms with Crippen LogP contribution in [0.3, 0.4) is 0 Å². The van der Waals surface area contributed by atoms with Crippen molar-refractivity contribution < 1.29 is 9.47 Å². The molecule has 0 bridgehead atoms. The quantitative estimate of drug-likeness (QED) is 0.573. The first-order valence-electron chi connectivity index (χ1n) is 3.76. The average Bonchev–Trinajstić information content (AvgIpc) is 2.03. The zero-order valence-electron chi connectivity index (χ0n) is 6.38. The monoisotopic (exact) mass is 144 g/mol. The van der Waals surface area contributed by atoms with Gasteiger partial charge in [0.15, 0.2) is 0 Å². The van der Waals surface area contributed by atoms with Crippen LogP contribution >= 0.6 is 0 Å². The molecule has 0 aliphatic carbocycles. The van der Waals surface area contributed by atoms with Crippen molar-refractivity contribution in [3.8, 4) is 0 Å². The van der Waals surface area contributed by atoms with E-state index >= 15 is 0 Å². The van der Waals surface area contributed by atoms with Gasteiger partial charge in [-0.1, -0.05) is 0 Å². The molecule has 0 N–H and O–H groups in total. The van der Waals surface area contributed by atoms with Crippen molar-refractivity contribution in [2.45, 2.75) is 19.4 Å². The van der Waals surface area contributed by atoms with Crippen molar-refractivity contribution in [2.24, 2.45) is 0 Å². The van der Waals surface area contributed by atoms with E-state index in [4.69, 9.17) is 9.47 Å². The maximum absolute atomic E-state index is 5.29. The van der Waals surface area contributed by atoms with Crippen LogP contribution in [0.5, 0.6) is 0 Å². The van der Waals surface area contributed by atoms with Gasteiger partial charge in [0.2, 0.25) is 0 Å². The third-order valence-corrected chi connectivity index (χ3v) is 1.52. The molecule has 1 rings (SSSR count). The molecule has 0 spiro atoms. The van der Waals surface area contributed by atoms with Crippen molar-refractivity contribution >= 4 is 0 Å². The predicted molar refractivity (Wildman–Crippen MR) is 37.9 cm³/mol. The standard InChI is InChI=1S/C7H14NO2/c1-2-9-5-7-3-4-8-6-10-7/h7H,2-6H2,1H3. The lowest BCUT2D eigenvalue weighted by molar-refractivity contribution is -0.0450. The summed E-state index contributed by atoms with van der Waals surface area (Å²) in [5.41, 5.74) is 0. The fourth-order valence-corrected chi connectivity index (χ4v) is 0.922. The molecule has 1 saturated heterocycles. The van der Waals surface area contributed by atoms with E-state index in [-0.39, 0.29) is 6.10 Å². The molecule has 1 fully saturated rings. The van der Waals surface area contributed by atoms with E-state index in [9.17, 15) is 0 Å². The van der Waals surface area contributed by atoms with Crippen LogP contribution in [0.1, 0.15) is 13.3 Å². The molecule has 3 heteroatoms. The molecule has 3 nitrogen and oxygen atoms in total. The first kappa shape index (κ1) is 7.98. The van der Waals surface area contributed by atoms with Crippen molar-refractivity contribution in [1.29, 1.82) is 0 Å². The Morgan fingerprint density at radius 1 is 1.70 bits per heavy atom. The molecule has 59 valence electrons. The maximum Gasteiger partial charge on any atom is 0.112 e. The van der Waals surface area contributed by atoms with Crippen LogP contribution in [0.25, 0.3) is 0 Å². The summed E-state index contributed by atoms with van der Waals surface area (Å²) < 4.78 is 10.5. The summed E-state index contributed by atoms with van der Waals surface area (Å²) in [6.07, 6.45) is 1.30. The minimum atomic E-state index is 0.289. The van der Waals surface area contributed by atoms with Crippen molar-refractivity contribution in [2.75, 3.05) is 26.5 Å². The molecule has 1 atom stereocenters. The van der Waals surface area contributed by atoms with Crippen LogP contribution in [-0.4, -0.2) is 32.6 Å². The van der Waals surface area contributed by atoms with Crippen molar-refractivity contribution in [3.05, 3.63) is 0 Å². The lowest BCUT2D eigenvalue weighted by atomic mass is 10.2. The molecule has 0 aromatic heterocycles. The first-order chi connectivity index (χ1) is 4.93. The fraction of sp³-hybridized carbons (Fsp3) is 1.00. The highest BCUT2D eigenvalue weighted by Crippen LogP contribution is 2.02. The number of hydrogen-bond acceptors (Lipinski definition) is 2. The van der Waals surface area contributed by atoms with Gasteiger partial charge in [0, 0.05) is 13.2 Å². The zero-order chi connectivity index (χ0) is 7.23. The Morgan fingerprint density at radius 2 is 2.60 bits per heavy atom. The maximum atomic E-state index is 5.29. The Hall–Kier alpha value is -0.120. The van der Waals surface area contributed by atoms with E-state index in [0.29, 0.717) is 6.73 Å². The van der Waals surface area contributed by atoms with Gasteiger partial charge in [0.05, 0.1) is 12.7 Å². The molecule has 1 radical (unpaired) electrons. The highest BCUT2D eigenvalue weighted by atomic mass is 16.5. The SMILES string of the molecule is CCOCC1CC[N]CO1. The topological polar surface area (TPSA) is 32.6 Å². The average molecular weight is 144 g/mol. The largest absolute Gasteiger partial charge is 0.379 e. The van der Waals surface area contributed by atoms with E-state index in [1.807, 2.05) is 6.92 Å². The Labute approximate surface area is 61.7 Å². The van der Waals surface area contributed by atoms with Crippen LogP contribution in [0.2, 0.25) is 0 Å². The molecular weight excluding hydrogens is 130 g/mol. The van der Waals surface area contributed by atoms with E-state index in [1.165, 1.54) is 0 Å². The molecule has 1 aliphatic heterocycles. The molecule has 1 aliphatic rings. The minimum Gasteiger partial charge on any atom is -0.379 e. The smallest absolute Gasteiger partial charge is 0.112 e.